The van der Waals surface area contributed by atoms with Crippen LogP contribution in [0.2, 0.25) is 0 Å². The molecule has 0 saturated carbocycles. The Labute approximate surface area is 194 Å². The number of fused-ring (bicyclic) bond motifs is 1. The van der Waals surface area contributed by atoms with E-state index >= 15 is 0 Å². The van der Waals surface area contributed by atoms with Crippen molar-refractivity contribution >= 4 is 11.9 Å². The summed E-state index contributed by atoms with van der Waals surface area (Å²) < 4.78 is 24.7. The van der Waals surface area contributed by atoms with Gasteiger partial charge in [-0.25, -0.2) is 9.18 Å². The number of amides is 3. The minimum Gasteiger partial charge on any atom is -0.379 e. The molecule has 0 aromatic heterocycles. The van der Waals surface area contributed by atoms with E-state index in [0.717, 1.165) is 37.9 Å². The number of halogens is 1. The van der Waals surface area contributed by atoms with Crippen LogP contribution in [-0.2, 0) is 14.3 Å². The molecule has 33 heavy (non-hydrogen) atoms. The van der Waals surface area contributed by atoms with Crippen LogP contribution in [0, 0.1) is 11.7 Å². The molecule has 1 N–H and O–H groups in total. The number of benzene rings is 1. The van der Waals surface area contributed by atoms with E-state index in [1.807, 2.05) is 21.9 Å². The average Bonchev–Trinajstić information content (AvgIpc) is 2.85. The fourth-order valence-electron chi connectivity index (χ4n) is 5.78. The Morgan fingerprint density at radius 2 is 1.70 bits per heavy atom. The zero-order chi connectivity index (χ0) is 22.8. The lowest BCUT2D eigenvalue weighted by molar-refractivity contribution is -0.139. The number of hydrogen-bond acceptors (Lipinski definition) is 5. The molecule has 180 valence electrons. The van der Waals surface area contributed by atoms with Crippen molar-refractivity contribution in [1.82, 2.24) is 20.0 Å². The zero-order valence-corrected chi connectivity index (χ0v) is 19.0. The molecule has 4 aliphatic heterocycles. The molecular weight excluding hydrogens is 427 g/mol. The van der Waals surface area contributed by atoms with Gasteiger partial charge in [0.1, 0.15) is 12.4 Å². The molecule has 4 heterocycles. The maximum Gasteiger partial charge on any atom is 0.320 e. The van der Waals surface area contributed by atoms with E-state index in [4.69, 9.17) is 9.47 Å². The molecule has 0 radical (unpaired) electrons. The summed E-state index contributed by atoms with van der Waals surface area (Å²) in [7, 11) is 0. The molecular formula is C24H33FN4O4. The van der Waals surface area contributed by atoms with Crippen LogP contribution in [0.15, 0.2) is 24.3 Å². The average molecular weight is 461 g/mol. The third-order valence-electron chi connectivity index (χ3n) is 7.50. The number of morpholine rings is 2. The van der Waals surface area contributed by atoms with Crippen LogP contribution in [0.3, 0.4) is 0 Å². The molecule has 5 rings (SSSR count). The van der Waals surface area contributed by atoms with Crippen molar-refractivity contribution in [1.29, 1.82) is 0 Å². The van der Waals surface area contributed by atoms with E-state index < -0.39 is 0 Å². The molecule has 1 unspecified atom stereocenters. The first-order valence-electron chi connectivity index (χ1n) is 12.1. The van der Waals surface area contributed by atoms with Crippen molar-refractivity contribution in [2.24, 2.45) is 5.92 Å². The van der Waals surface area contributed by atoms with Gasteiger partial charge in [0.25, 0.3) is 0 Å². The fourth-order valence-corrected chi connectivity index (χ4v) is 5.78. The maximum atomic E-state index is 13.6. The first kappa shape index (κ1) is 22.6. The minimum atomic E-state index is -0.219. The summed E-state index contributed by atoms with van der Waals surface area (Å²) in [5.74, 6) is 0.0684. The monoisotopic (exact) mass is 460 g/mol. The Kier molecular flexibility index (Phi) is 6.80. The predicted octanol–water partition coefficient (Wildman–Crippen LogP) is 1.62. The summed E-state index contributed by atoms with van der Waals surface area (Å²) in [6.07, 6.45) is 2.56. The van der Waals surface area contributed by atoms with Crippen molar-refractivity contribution in [3.63, 3.8) is 0 Å². The maximum absolute atomic E-state index is 13.6. The molecule has 4 aliphatic rings. The highest BCUT2D eigenvalue weighted by atomic mass is 19.1. The topological polar surface area (TPSA) is 74.4 Å². The third kappa shape index (κ3) is 5.00. The molecule has 0 spiro atoms. The highest BCUT2D eigenvalue weighted by molar-refractivity contribution is 5.79. The summed E-state index contributed by atoms with van der Waals surface area (Å²) >= 11 is 0. The van der Waals surface area contributed by atoms with Crippen LogP contribution in [0.1, 0.15) is 30.9 Å². The second kappa shape index (κ2) is 9.95. The van der Waals surface area contributed by atoms with E-state index in [-0.39, 0.29) is 42.6 Å². The Balaban J connectivity index is 1.21. The molecule has 0 bridgehead atoms. The van der Waals surface area contributed by atoms with Gasteiger partial charge in [0.2, 0.25) is 5.91 Å². The summed E-state index contributed by atoms with van der Waals surface area (Å²) in [6.45, 7) is 5.84. The fraction of sp³-hybridized carbons (Fsp3) is 0.667. The van der Waals surface area contributed by atoms with Crippen LogP contribution in [-0.4, -0.2) is 97.9 Å². The van der Waals surface area contributed by atoms with Crippen LogP contribution >= 0.6 is 0 Å². The lowest BCUT2D eigenvalue weighted by Gasteiger charge is -2.45. The zero-order valence-electron chi connectivity index (χ0n) is 19.0. The summed E-state index contributed by atoms with van der Waals surface area (Å²) in [5.41, 5.74) is 1.14. The molecule has 9 heteroatoms. The summed E-state index contributed by atoms with van der Waals surface area (Å²) in [5, 5.41) is 2.97. The molecule has 3 atom stereocenters. The Bertz CT molecular complexity index is 839. The van der Waals surface area contributed by atoms with Crippen LogP contribution in [0.25, 0.3) is 0 Å². The summed E-state index contributed by atoms with van der Waals surface area (Å²) in [6, 6.07) is 7.02. The molecule has 4 fully saturated rings. The quantitative estimate of drug-likeness (QED) is 0.742. The molecule has 4 saturated heterocycles. The first-order chi connectivity index (χ1) is 16.1. The van der Waals surface area contributed by atoms with Crippen molar-refractivity contribution in [2.75, 3.05) is 59.1 Å². The number of carbonyl (C=O) groups excluding carboxylic acids is 2. The number of urea groups is 1. The number of nitrogens with zero attached hydrogens (tertiary/aromatic N) is 3. The Hall–Kier alpha value is -2.23. The van der Waals surface area contributed by atoms with Crippen LogP contribution < -0.4 is 5.32 Å². The normalized spacial score (nSPS) is 28.2. The van der Waals surface area contributed by atoms with Gasteiger partial charge in [-0.2, -0.15) is 0 Å². The number of carbonyl (C=O) groups is 2. The van der Waals surface area contributed by atoms with Gasteiger partial charge in [0.05, 0.1) is 25.4 Å². The van der Waals surface area contributed by atoms with Crippen LogP contribution in [0.4, 0.5) is 9.18 Å². The van der Waals surface area contributed by atoms with Gasteiger partial charge in [0.15, 0.2) is 0 Å². The van der Waals surface area contributed by atoms with Crippen LogP contribution in [0.5, 0.6) is 0 Å². The highest BCUT2D eigenvalue weighted by Gasteiger charge is 2.39. The number of piperidine rings is 2. The predicted molar refractivity (Wildman–Crippen MR) is 119 cm³/mol. The highest BCUT2D eigenvalue weighted by Crippen LogP contribution is 2.36. The second-order valence-corrected chi connectivity index (χ2v) is 9.51. The smallest absolute Gasteiger partial charge is 0.320 e. The van der Waals surface area contributed by atoms with Gasteiger partial charge in [-0.05, 0) is 42.9 Å². The number of nitrogens with one attached hydrogen (secondary N) is 1. The number of likely N-dealkylation sites (tertiary alicyclic amines) is 2. The van der Waals surface area contributed by atoms with Gasteiger partial charge in [0, 0.05) is 45.3 Å². The third-order valence-corrected chi connectivity index (χ3v) is 7.50. The number of hydrogen-bond donors (Lipinski definition) is 1. The largest absolute Gasteiger partial charge is 0.379 e. The van der Waals surface area contributed by atoms with E-state index in [1.54, 1.807) is 12.1 Å². The number of ether oxygens (including phenoxy) is 2. The second-order valence-electron chi connectivity index (χ2n) is 9.51. The van der Waals surface area contributed by atoms with E-state index in [0.29, 0.717) is 45.3 Å². The van der Waals surface area contributed by atoms with E-state index in [9.17, 15) is 14.0 Å². The minimum absolute atomic E-state index is 0.00229. The first-order valence-corrected chi connectivity index (χ1v) is 12.1. The van der Waals surface area contributed by atoms with Gasteiger partial charge in [-0.15, -0.1) is 0 Å². The lowest BCUT2D eigenvalue weighted by Crippen LogP contribution is -2.62. The van der Waals surface area contributed by atoms with Gasteiger partial charge >= 0.3 is 6.03 Å². The number of rotatable bonds is 3. The Morgan fingerprint density at radius 3 is 2.42 bits per heavy atom. The van der Waals surface area contributed by atoms with Crippen molar-refractivity contribution in [2.45, 2.75) is 37.5 Å². The Morgan fingerprint density at radius 1 is 1.00 bits per heavy atom. The molecule has 3 amide bonds. The molecule has 0 aliphatic carbocycles. The van der Waals surface area contributed by atoms with Crippen molar-refractivity contribution in [3.05, 3.63) is 35.6 Å². The molecule has 1 aromatic carbocycles. The van der Waals surface area contributed by atoms with E-state index in [2.05, 4.69) is 10.2 Å². The van der Waals surface area contributed by atoms with Crippen molar-refractivity contribution < 1.29 is 23.5 Å². The van der Waals surface area contributed by atoms with E-state index in [1.165, 1.54) is 0 Å². The standard InChI is InChI=1S/C24H33FN4O4/c25-19-3-1-17(2-4-19)23(27-11-13-32-14-12-27)18-5-8-28(9-6-18)24(31)29-10-7-21-20(15-29)26-22(30)16-33-21/h1-4,18,20-21,23H,5-16H2,(H,26,30)/t20-,21+,23?/m1/s1. The van der Waals surface area contributed by atoms with Gasteiger partial charge in [-0.1, -0.05) is 12.1 Å². The summed E-state index contributed by atoms with van der Waals surface area (Å²) in [4.78, 5) is 31.2. The molecule has 1 aromatic rings. The molecule has 8 nitrogen and oxygen atoms in total. The lowest BCUT2D eigenvalue weighted by atomic mass is 9.84. The van der Waals surface area contributed by atoms with Gasteiger partial charge < -0.3 is 24.6 Å². The van der Waals surface area contributed by atoms with Gasteiger partial charge in [-0.3, -0.25) is 9.69 Å². The van der Waals surface area contributed by atoms with Crippen molar-refractivity contribution in [3.8, 4) is 0 Å². The SMILES string of the molecule is O=C1CO[C@H]2CCN(C(=O)N3CCC(C(c4ccc(F)cc4)N4CCOCC4)CC3)C[C@H]2N1.